The van der Waals surface area contributed by atoms with Crippen molar-refractivity contribution in [2.24, 2.45) is 0 Å². The maximum absolute atomic E-state index is 13.1. The van der Waals surface area contributed by atoms with E-state index in [-0.39, 0.29) is 11.5 Å². The van der Waals surface area contributed by atoms with Crippen LogP contribution in [0.5, 0.6) is 0 Å². The van der Waals surface area contributed by atoms with Gasteiger partial charge in [-0.1, -0.05) is 24.3 Å². The van der Waals surface area contributed by atoms with E-state index in [2.05, 4.69) is 22.2 Å². The summed E-state index contributed by atoms with van der Waals surface area (Å²) in [5.74, 6) is -0.0271. The summed E-state index contributed by atoms with van der Waals surface area (Å²) in [6, 6.07) is 10.1. The summed E-state index contributed by atoms with van der Waals surface area (Å²) in [5, 5.41) is 4.23. The molecule has 1 aromatic carbocycles. The zero-order valence-corrected chi connectivity index (χ0v) is 13.8. The van der Waals surface area contributed by atoms with Crippen LogP contribution in [0.25, 0.3) is 5.65 Å². The Hall–Kier alpha value is -2.73. The Morgan fingerprint density at radius 2 is 2.16 bits per heavy atom. The Kier molecular flexibility index (Phi) is 3.15. The number of piperidine rings is 1. The van der Waals surface area contributed by atoms with E-state index in [1.165, 1.54) is 11.1 Å². The topological polar surface area (TPSA) is 59.7 Å². The molecule has 1 atom stereocenters. The van der Waals surface area contributed by atoms with E-state index in [1.807, 2.05) is 17.0 Å². The van der Waals surface area contributed by atoms with Crippen molar-refractivity contribution in [3.8, 4) is 0 Å². The maximum Gasteiger partial charge on any atom is 0.259 e. The number of rotatable bonds is 1. The van der Waals surface area contributed by atoms with Crippen molar-refractivity contribution in [2.45, 2.75) is 25.0 Å². The van der Waals surface area contributed by atoms with Gasteiger partial charge in [0.05, 0.1) is 19.3 Å². The molecule has 2 aliphatic heterocycles. The molecule has 4 heterocycles. The normalized spacial score (nSPS) is 22.5. The number of likely N-dealkylation sites (tertiary alicyclic amines) is 1. The zero-order chi connectivity index (χ0) is 16.9. The van der Waals surface area contributed by atoms with Gasteiger partial charge in [0, 0.05) is 18.9 Å². The molecule has 1 unspecified atom stereocenters. The first kappa shape index (κ1) is 14.6. The van der Waals surface area contributed by atoms with Crippen LogP contribution in [0.2, 0.25) is 0 Å². The fourth-order valence-electron chi connectivity index (χ4n) is 4.07. The van der Waals surface area contributed by atoms with Crippen molar-refractivity contribution in [1.29, 1.82) is 0 Å². The molecule has 1 fully saturated rings. The SMILES string of the molecule is O=C(c1cnn2cccnc12)N1CCCC2(C1)OCc1ccccc12. The molecular formula is C19H18N4O2. The van der Waals surface area contributed by atoms with Gasteiger partial charge in [-0.25, -0.2) is 9.50 Å². The first-order chi connectivity index (χ1) is 12.3. The first-order valence-corrected chi connectivity index (χ1v) is 8.57. The molecule has 126 valence electrons. The van der Waals surface area contributed by atoms with Crippen LogP contribution in [0.4, 0.5) is 0 Å². The van der Waals surface area contributed by atoms with E-state index >= 15 is 0 Å². The summed E-state index contributed by atoms with van der Waals surface area (Å²) < 4.78 is 7.84. The van der Waals surface area contributed by atoms with Gasteiger partial charge in [-0.3, -0.25) is 4.79 Å². The molecule has 0 radical (unpaired) electrons. The number of ether oxygens (including phenoxy) is 1. The Balaban J connectivity index is 1.48. The van der Waals surface area contributed by atoms with Crippen LogP contribution in [0.3, 0.4) is 0 Å². The minimum atomic E-state index is -0.374. The Bertz CT molecular complexity index is 963. The third-order valence-corrected chi connectivity index (χ3v) is 5.26. The van der Waals surface area contributed by atoms with Gasteiger partial charge in [-0.05, 0) is 30.0 Å². The summed E-state index contributed by atoms with van der Waals surface area (Å²) in [6.07, 6.45) is 6.96. The first-order valence-electron chi connectivity index (χ1n) is 8.57. The highest BCUT2D eigenvalue weighted by atomic mass is 16.5. The van der Waals surface area contributed by atoms with Gasteiger partial charge in [0.1, 0.15) is 11.2 Å². The molecule has 1 spiro atoms. The fraction of sp³-hybridized carbons (Fsp3) is 0.316. The van der Waals surface area contributed by atoms with Gasteiger partial charge >= 0.3 is 0 Å². The number of nitrogens with zero attached hydrogens (tertiary/aromatic N) is 4. The summed E-state index contributed by atoms with van der Waals surface area (Å²) in [5.41, 5.74) is 3.23. The number of carbonyl (C=O) groups excluding carboxylic acids is 1. The highest BCUT2D eigenvalue weighted by Gasteiger charge is 2.44. The van der Waals surface area contributed by atoms with Crippen molar-refractivity contribution in [3.05, 3.63) is 65.6 Å². The van der Waals surface area contributed by atoms with Crippen LogP contribution in [-0.4, -0.2) is 38.5 Å². The van der Waals surface area contributed by atoms with E-state index < -0.39 is 0 Å². The van der Waals surface area contributed by atoms with Gasteiger partial charge in [-0.15, -0.1) is 0 Å². The molecular weight excluding hydrogens is 316 g/mol. The molecule has 0 N–H and O–H groups in total. The van der Waals surface area contributed by atoms with E-state index in [0.717, 1.165) is 19.4 Å². The van der Waals surface area contributed by atoms with Crippen LogP contribution in [-0.2, 0) is 16.9 Å². The lowest BCUT2D eigenvalue weighted by Gasteiger charge is -2.40. The number of carbonyl (C=O) groups is 1. The predicted octanol–water partition coefficient (Wildman–Crippen LogP) is 2.39. The van der Waals surface area contributed by atoms with Crippen molar-refractivity contribution in [2.75, 3.05) is 13.1 Å². The number of fused-ring (bicyclic) bond motifs is 3. The summed E-state index contributed by atoms with van der Waals surface area (Å²) >= 11 is 0. The van der Waals surface area contributed by atoms with Gasteiger partial charge in [-0.2, -0.15) is 5.10 Å². The second-order valence-corrected chi connectivity index (χ2v) is 6.72. The monoisotopic (exact) mass is 334 g/mol. The Morgan fingerprint density at radius 3 is 3.12 bits per heavy atom. The molecule has 6 heteroatoms. The molecule has 5 rings (SSSR count). The highest BCUT2D eigenvalue weighted by molar-refractivity contribution is 5.99. The second kappa shape index (κ2) is 5.39. The van der Waals surface area contributed by atoms with E-state index in [4.69, 9.17) is 4.74 Å². The van der Waals surface area contributed by atoms with Crippen molar-refractivity contribution in [1.82, 2.24) is 19.5 Å². The third-order valence-electron chi connectivity index (χ3n) is 5.26. The molecule has 1 amide bonds. The van der Waals surface area contributed by atoms with Crippen LogP contribution < -0.4 is 0 Å². The van der Waals surface area contributed by atoms with Crippen molar-refractivity contribution < 1.29 is 9.53 Å². The molecule has 3 aromatic rings. The number of amides is 1. The van der Waals surface area contributed by atoms with Crippen LogP contribution >= 0.6 is 0 Å². The minimum Gasteiger partial charge on any atom is -0.364 e. The molecule has 2 aromatic heterocycles. The number of aromatic nitrogens is 3. The molecule has 25 heavy (non-hydrogen) atoms. The van der Waals surface area contributed by atoms with Crippen LogP contribution in [0.15, 0.2) is 48.9 Å². The Morgan fingerprint density at radius 1 is 1.24 bits per heavy atom. The minimum absolute atomic E-state index is 0.0271. The summed E-state index contributed by atoms with van der Waals surface area (Å²) in [4.78, 5) is 19.3. The van der Waals surface area contributed by atoms with Crippen LogP contribution in [0, 0.1) is 0 Å². The van der Waals surface area contributed by atoms with Gasteiger partial charge in [0.15, 0.2) is 5.65 Å². The highest BCUT2D eigenvalue weighted by Crippen LogP contribution is 2.43. The largest absolute Gasteiger partial charge is 0.364 e. The number of benzene rings is 1. The lowest BCUT2D eigenvalue weighted by molar-refractivity contribution is -0.0785. The summed E-state index contributed by atoms with van der Waals surface area (Å²) in [6.45, 7) is 1.93. The second-order valence-electron chi connectivity index (χ2n) is 6.72. The van der Waals surface area contributed by atoms with Gasteiger partial charge in [0.2, 0.25) is 0 Å². The van der Waals surface area contributed by atoms with Gasteiger partial charge < -0.3 is 9.64 Å². The van der Waals surface area contributed by atoms with Gasteiger partial charge in [0.25, 0.3) is 5.91 Å². The van der Waals surface area contributed by atoms with E-state index in [1.54, 1.807) is 29.2 Å². The van der Waals surface area contributed by atoms with E-state index in [9.17, 15) is 4.79 Å². The Labute approximate surface area is 145 Å². The maximum atomic E-state index is 13.1. The van der Waals surface area contributed by atoms with Crippen molar-refractivity contribution in [3.63, 3.8) is 0 Å². The fourth-order valence-corrected chi connectivity index (χ4v) is 4.07. The molecule has 0 aliphatic carbocycles. The van der Waals surface area contributed by atoms with Crippen LogP contribution in [0.1, 0.15) is 34.3 Å². The lowest BCUT2D eigenvalue weighted by Crippen LogP contribution is -2.48. The number of hydrogen-bond donors (Lipinski definition) is 0. The third kappa shape index (κ3) is 2.17. The summed E-state index contributed by atoms with van der Waals surface area (Å²) in [7, 11) is 0. The molecule has 2 aliphatic rings. The number of hydrogen-bond acceptors (Lipinski definition) is 4. The lowest BCUT2D eigenvalue weighted by atomic mass is 9.85. The average molecular weight is 334 g/mol. The zero-order valence-electron chi connectivity index (χ0n) is 13.8. The smallest absolute Gasteiger partial charge is 0.259 e. The quantitative estimate of drug-likeness (QED) is 0.686. The molecule has 1 saturated heterocycles. The standard InChI is InChI=1S/C19H18N4O2/c24-18(15-11-21-23-10-4-8-20-17(15)23)22-9-3-7-19(13-22)16-6-2-1-5-14(16)12-25-19/h1-2,4-6,8,10-11H,3,7,9,12-13H2. The molecule has 6 nitrogen and oxygen atoms in total. The molecule has 0 saturated carbocycles. The van der Waals surface area contributed by atoms with E-state index in [0.29, 0.717) is 24.4 Å². The molecule has 0 bridgehead atoms. The van der Waals surface area contributed by atoms with Crippen molar-refractivity contribution >= 4 is 11.6 Å². The predicted molar refractivity (Wildman–Crippen MR) is 91.0 cm³/mol. The average Bonchev–Trinajstić information content (AvgIpc) is 3.24.